The van der Waals surface area contributed by atoms with Crippen LogP contribution in [0.5, 0.6) is 17.4 Å². The van der Waals surface area contributed by atoms with Crippen molar-refractivity contribution in [2.45, 2.75) is 13.5 Å². The summed E-state index contributed by atoms with van der Waals surface area (Å²) < 4.78 is 16.6. The highest BCUT2D eigenvalue weighted by molar-refractivity contribution is 5.50. The Labute approximate surface area is 123 Å². The van der Waals surface area contributed by atoms with Crippen LogP contribution in [0.15, 0.2) is 36.5 Å². The third kappa shape index (κ3) is 3.18. The predicted molar refractivity (Wildman–Crippen MR) is 80.2 cm³/mol. The molecular formula is C16H18N2O3. The maximum atomic E-state index is 5.69. The molecule has 0 unspecified atom stereocenters. The van der Waals surface area contributed by atoms with E-state index in [9.17, 15) is 0 Å². The van der Waals surface area contributed by atoms with E-state index in [0.29, 0.717) is 32.2 Å². The van der Waals surface area contributed by atoms with Gasteiger partial charge in [0.15, 0.2) is 11.5 Å². The van der Waals surface area contributed by atoms with Crippen LogP contribution in [0.1, 0.15) is 12.5 Å². The van der Waals surface area contributed by atoms with Gasteiger partial charge in [-0.05, 0) is 19.1 Å². The van der Waals surface area contributed by atoms with Gasteiger partial charge in [0.1, 0.15) is 13.2 Å². The van der Waals surface area contributed by atoms with Gasteiger partial charge in [-0.3, -0.25) is 0 Å². The van der Waals surface area contributed by atoms with Crippen LogP contribution < -0.4 is 19.5 Å². The maximum Gasteiger partial charge on any atom is 0.213 e. The van der Waals surface area contributed by atoms with E-state index in [2.05, 4.69) is 10.3 Å². The normalized spacial score (nSPS) is 12.8. The summed E-state index contributed by atoms with van der Waals surface area (Å²) >= 11 is 0. The smallest absolute Gasteiger partial charge is 0.213 e. The molecule has 0 saturated carbocycles. The minimum Gasteiger partial charge on any atom is -0.486 e. The van der Waals surface area contributed by atoms with Crippen LogP contribution in [0, 0.1) is 0 Å². The molecule has 21 heavy (non-hydrogen) atoms. The Hall–Kier alpha value is -2.43. The monoisotopic (exact) mass is 286 g/mol. The van der Waals surface area contributed by atoms with Crippen molar-refractivity contribution in [2.75, 3.05) is 25.1 Å². The van der Waals surface area contributed by atoms with Crippen LogP contribution in [0.4, 0.5) is 5.69 Å². The first-order chi connectivity index (χ1) is 10.4. The number of rotatable bonds is 5. The quantitative estimate of drug-likeness (QED) is 0.916. The van der Waals surface area contributed by atoms with Crippen molar-refractivity contribution in [1.29, 1.82) is 0 Å². The summed E-state index contributed by atoms with van der Waals surface area (Å²) in [4.78, 5) is 4.23. The molecule has 5 nitrogen and oxygen atoms in total. The van der Waals surface area contributed by atoms with Crippen molar-refractivity contribution in [3.8, 4) is 17.4 Å². The zero-order valence-corrected chi connectivity index (χ0v) is 12.0. The van der Waals surface area contributed by atoms with E-state index >= 15 is 0 Å². The molecule has 0 saturated heterocycles. The molecule has 0 spiro atoms. The summed E-state index contributed by atoms with van der Waals surface area (Å²) in [7, 11) is 0. The molecule has 0 radical (unpaired) electrons. The van der Waals surface area contributed by atoms with Crippen LogP contribution in [0.25, 0.3) is 0 Å². The molecule has 1 aliphatic heterocycles. The molecule has 0 bridgehead atoms. The van der Waals surface area contributed by atoms with Crippen molar-refractivity contribution in [1.82, 2.24) is 4.98 Å². The summed E-state index contributed by atoms with van der Waals surface area (Å²) in [6, 6.07) is 9.73. The number of hydrogen-bond acceptors (Lipinski definition) is 5. The minimum absolute atomic E-state index is 0.592. The number of nitrogens with one attached hydrogen (secondary N) is 1. The van der Waals surface area contributed by atoms with Crippen LogP contribution in [0.3, 0.4) is 0 Å². The van der Waals surface area contributed by atoms with E-state index in [1.165, 1.54) is 0 Å². The molecule has 5 heteroatoms. The molecule has 1 aliphatic rings. The number of hydrogen-bond donors (Lipinski definition) is 1. The Bertz CT molecular complexity index is 599. The lowest BCUT2D eigenvalue weighted by Crippen LogP contribution is -2.17. The van der Waals surface area contributed by atoms with Gasteiger partial charge in [0.05, 0.1) is 18.5 Å². The Morgan fingerprint density at radius 1 is 1.19 bits per heavy atom. The summed E-state index contributed by atoms with van der Waals surface area (Å²) in [5, 5.41) is 3.33. The number of benzene rings is 1. The fourth-order valence-corrected chi connectivity index (χ4v) is 2.19. The highest BCUT2D eigenvalue weighted by atomic mass is 16.6. The van der Waals surface area contributed by atoms with Gasteiger partial charge in [0.2, 0.25) is 5.88 Å². The molecule has 2 aromatic rings. The standard InChI is InChI=1S/C16H18N2O3/c1-2-19-15-7-6-13(11-18-15)17-10-12-4-3-5-14-16(12)21-9-8-20-14/h3-7,11,17H,2,8-10H2,1H3. The molecule has 1 N–H and O–H groups in total. The molecule has 1 aromatic carbocycles. The van der Waals surface area contributed by atoms with Crippen LogP contribution in [-0.4, -0.2) is 24.8 Å². The third-order valence-corrected chi connectivity index (χ3v) is 3.16. The van der Waals surface area contributed by atoms with Gasteiger partial charge >= 0.3 is 0 Å². The van der Waals surface area contributed by atoms with Gasteiger partial charge in [0.25, 0.3) is 0 Å². The number of pyridine rings is 1. The molecule has 0 aliphatic carbocycles. The molecular weight excluding hydrogens is 268 g/mol. The van der Waals surface area contributed by atoms with Gasteiger partial charge in [-0.2, -0.15) is 0 Å². The average Bonchev–Trinajstić information content (AvgIpc) is 2.54. The van der Waals surface area contributed by atoms with E-state index in [1.807, 2.05) is 37.3 Å². The van der Waals surface area contributed by atoms with Gasteiger partial charge in [0, 0.05) is 18.2 Å². The third-order valence-electron chi connectivity index (χ3n) is 3.16. The largest absolute Gasteiger partial charge is 0.486 e. The second kappa shape index (κ2) is 6.35. The van der Waals surface area contributed by atoms with E-state index < -0.39 is 0 Å². The molecule has 0 amide bonds. The van der Waals surface area contributed by atoms with Crippen molar-refractivity contribution in [2.24, 2.45) is 0 Å². The molecule has 2 heterocycles. The summed E-state index contributed by atoms with van der Waals surface area (Å²) in [6.45, 7) is 4.41. The number of ether oxygens (including phenoxy) is 3. The Morgan fingerprint density at radius 2 is 2.10 bits per heavy atom. The Morgan fingerprint density at radius 3 is 2.90 bits per heavy atom. The fraction of sp³-hybridized carbons (Fsp3) is 0.312. The van der Waals surface area contributed by atoms with Gasteiger partial charge in [-0.1, -0.05) is 12.1 Å². The lowest BCUT2D eigenvalue weighted by Gasteiger charge is -2.21. The average molecular weight is 286 g/mol. The molecule has 1 aromatic heterocycles. The first kappa shape index (κ1) is 13.5. The number of anilines is 1. The first-order valence-electron chi connectivity index (χ1n) is 7.07. The second-order valence-corrected chi connectivity index (χ2v) is 4.61. The number of fused-ring (bicyclic) bond motifs is 1. The lowest BCUT2D eigenvalue weighted by atomic mass is 10.1. The van der Waals surface area contributed by atoms with Crippen molar-refractivity contribution in [3.63, 3.8) is 0 Å². The Balaban J connectivity index is 1.67. The van der Waals surface area contributed by atoms with Gasteiger partial charge in [-0.15, -0.1) is 0 Å². The van der Waals surface area contributed by atoms with Crippen molar-refractivity contribution >= 4 is 5.69 Å². The summed E-state index contributed by atoms with van der Waals surface area (Å²) in [5.41, 5.74) is 2.01. The van der Waals surface area contributed by atoms with Gasteiger partial charge < -0.3 is 19.5 Å². The second-order valence-electron chi connectivity index (χ2n) is 4.61. The number of aromatic nitrogens is 1. The molecule has 3 rings (SSSR count). The number of para-hydroxylation sites is 1. The van der Waals surface area contributed by atoms with Crippen molar-refractivity contribution < 1.29 is 14.2 Å². The highest BCUT2D eigenvalue weighted by Gasteiger charge is 2.15. The molecule has 0 atom stereocenters. The first-order valence-corrected chi connectivity index (χ1v) is 7.07. The van der Waals surface area contributed by atoms with E-state index in [0.717, 1.165) is 22.7 Å². The SMILES string of the molecule is CCOc1ccc(NCc2cccc3c2OCCO3)cn1. The number of nitrogens with zero attached hydrogens (tertiary/aromatic N) is 1. The Kier molecular flexibility index (Phi) is 4.09. The molecule has 110 valence electrons. The van der Waals surface area contributed by atoms with Crippen LogP contribution in [-0.2, 0) is 6.54 Å². The van der Waals surface area contributed by atoms with E-state index in [1.54, 1.807) is 6.20 Å². The summed E-state index contributed by atoms with van der Waals surface area (Å²) in [5.74, 6) is 2.28. The van der Waals surface area contributed by atoms with Crippen LogP contribution in [0.2, 0.25) is 0 Å². The van der Waals surface area contributed by atoms with Gasteiger partial charge in [-0.25, -0.2) is 4.98 Å². The molecule has 0 fully saturated rings. The minimum atomic E-state index is 0.592. The zero-order chi connectivity index (χ0) is 14.5. The summed E-state index contributed by atoms with van der Waals surface area (Å²) in [6.07, 6.45) is 1.76. The lowest BCUT2D eigenvalue weighted by molar-refractivity contribution is 0.170. The van der Waals surface area contributed by atoms with Crippen LogP contribution >= 0.6 is 0 Å². The van der Waals surface area contributed by atoms with E-state index in [-0.39, 0.29) is 0 Å². The van der Waals surface area contributed by atoms with Crippen molar-refractivity contribution in [3.05, 3.63) is 42.1 Å². The maximum absolute atomic E-state index is 5.69. The highest BCUT2D eigenvalue weighted by Crippen LogP contribution is 2.33. The zero-order valence-electron chi connectivity index (χ0n) is 12.0. The predicted octanol–water partition coefficient (Wildman–Crippen LogP) is 2.86. The van der Waals surface area contributed by atoms with E-state index in [4.69, 9.17) is 14.2 Å². The topological polar surface area (TPSA) is 52.6 Å². The fourth-order valence-electron chi connectivity index (χ4n) is 2.19.